The fourth-order valence-electron chi connectivity index (χ4n) is 6.00. The number of fused-ring (bicyclic) bond motifs is 1. The van der Waals surface area contributed by atoms with E-state index in [1.165, 1.54) is 0 Å². The van der Waals surface area contributed by atoms with E-state index in [0.29, 0.717) is 25.2 Å². The highest BCUT2D eigenvalue weighted by atomic mass is 16.2. The summed E-state index contributed by atoms with van der Waals surface area (Å²) in [5.41, 5.74) is 4.91. The van der Waals surface area contributed by atoms with E-state index in [2.05, 4.69) is 39.2 Å². The molecule has 1 saturated carbocycles. The first-order chi connectivity index (χ1) is 19.0. The number of nitrogens with one attached hydrogen (secondary N) is 1. The van der Waals surface area contributed by atoms with Crippen molar-refractivity contribution in [2.45, 2.75) is 44.3 Å². The number of aromatic nitrogens is 2. The van der Waals surface area contributed by atoms with E-state index in [0.717, 1.165) is 53.4 Å². The number of carbonyl (C=O) groups is 1. The molecular weight excluding hydrogens is 486 g/mol. The number of carbonyl (C=O) groups excluding carboxylic acids is 1. The maximum atomic E-state index is 14.2. The molecule has 1 aliphatic heterocycles. The second-order valence-corrected chi connectivity index (χ2v) is 10.9. The molecule has 2 aromatic heterocycles. The first-order valence-electron chi connectivity index (χ1n) is 13.8. The Bertz CT molecular complexity index is 1620. The van der Waals surface area contributed by atoms with Gasteiger partial charge in [0, 0.05) is 62.1 Å². The number of amides is 1. The zero-order valence-corrected chi connectivity index (χ0v) is 22.2. The molecule has 0 spiro atoms. The van der Waals surface area contributed by atoms with E-state index >= 15 is 0 Å². The van der Waals surface area contributed by atoms with E-state index in [-0.39, 0.29) is 29.3 Å². The van der Waals surface area contributed by atoms with Crippen LogP contribution in [0.5, 0.6) is 0 Å². The highest BCUT2D eigenvalue weighted by Gasteiger charge is 2.40. The Morgan fingerprint density at radius 2 is 1.95 bits per heavy atom. The third-order valence-electron chi connectivity index (χ3n) is 8.25. The molecule has 6 rings (SSSR count). The molecular formula is C32H33N5O2. The fourth-order valence-corrected chi connectivity index (χ4v) is 6.00. The Balaban J connectivity index is 1.30. The number of benzene rings is 2. The minimum absolute atomic E-state index is 0.0302. The van der Waals surface area contributed by atoms with Crippen molar-refractivity contribution in [3.05, 3.63) is 106 Å². The van der Waals surface area contributed by atoms with Crippen LogP contribution in [0.2, 0.25) is 0 Å². The average molecular weight is 520 g/mol. The lowest BCUT2D eigenvalue weighted by Gasteiger charge is -2.35. The molecule has 39 heavy (non-hydrogen) atoms. The number of aryl methyl sites for hydroxylation is 1. The number of nitriles is 1. The third kappa shape index (κ3) is 5.13. The van der Waals surface area contributed by atoms with Crippen LogP contribution in [-0.4, -0.2) is 39.1 Å². The van der Waals surface area contributed by atoms with Crippen LogP contribution >= 0.6 is 0 Å². The Labute approximate surface area is 228 Å². The second-order valence-electron chi connectivity index (χ2n) is 10.9. The number of hydrogen-bond donors (Lipinski definition) is 1. The van der Waals surface area contributed by atoms with Crippen molar-refractivity contribution >= 4 is 16.8 Å². The van der Waals surface area contributed by atoms with Gasteiger partial charge in [-0.05, 0) is 72.7 Å². The lowest BCUT2D eigenvalue weighted by atomic mass is 9.80. The summed E-state index contributed by atoms with van der Waals surface area (Å²) in [5, 5.41) is 13.9. The number of pyridine rings is 1. The van der Waals surface area contributed by atoms with Crippen molar-refractivity contribution in [3.63, 3.8) is 0 Å². The van der Waals surface area contributed by atoms with Crippen LogP contribution in [0, 0.1) is 17.2 Å². The Morgan fingerprint density at radius 1 is 1.10 bits per heavy atom. The van der Waals surface area contributed by atoms with Gasteiger partial charge in [0.15, 0.2) is 0 Å². The molecule has 2 atom stereocenters. The van der Waals surface area contributed by atoms with Crippen molar-refractivity contribution in [2.75, 3.05) is 13.1 Å². The Kier molecular flexibility index (Phi) is 6.80. The van der Waals surface area contributed by atoms with Crippen molar-refractivity contribution in [2.24, 2.45) is 13.0 Å². The summed E-state index contributed by atoms with van der Waals surface area (Å²) in [7, 11) is 1.75. The summed E-state index contributed by atoms with van der Waals surface area (Å²) in [4.78, 5) is 28.7. The third-order valence-corrected chi connectivity index (χ3v) is 8.25. The van der Waals surface area contributed by atoms with Crippen molar-refractivity contribution in [3.8, 4) is 6.07 Å². The van der Waals surface area contributed by atoms with E-state index in [4.69, 9.17) is 0 Å². The highest BCUT2D eigenvalue weighted by Crippen LogP contribution is 2.36. The molecule has 2 fully saturated rings. The fraction of sp³-hybridized carbons (Fsp3) is 0.344. The van der Waals surface area contributed by atoms with Gasteiger partial charge in [0.2, 0.25) is 5.91 Å². The van der Waals surface area contributed by atoms with Gasteiger partial charge in [0.1, 0.15) is 0 Å². The van der Waals surface area contributed by atoms with Crippen LogP contribution in [0.3, 0.4) is 0 Å². The predicted molar refractivity (Wildman–Crippen MR) is 151 cm³/mol. The molecule has 1 N–H and O–H groups in total. The Morgan fingerprint density at radius 3 is 2.74 bits per heavy atom. The summed E-state index contributed by atoms with van der Waals surface area (Å²) in [6.45, 7) is 2.69. The van der Waals surface area contributed by atoms with Crippen LogP contribution in [0.15, 0.2) is 77.9 Å². The quantitative estimate of drug-likeness (QED) is 0.398. The van der Waals surface area contributed by atoms with Gasteiger partial charge in [0.25, 0.3) is 5.56 Å². The lowest BCUT2D eigenvalue weighted by molar-refractivity contribution is -0.138. The standard InChI is InChI=1S/C32H33N5O2/c1-35-14-12-24(16-31(35)38)27-11-13-34-18-29(27)32(39)37(26-9-10-26)21-25-20-36(30-8-3-2-7-28(25)30)19-23-6-4-5-22(15-23)17-33/h2-8,12,14-16,20,26-27,29,34H,9-11,13,18-19,21H2,1H3/t27-,29?/m1/s1. The molecule has 3 heterocycles. The molecule has 4 aromatic rings. The second kappa shape index (κ2) is 10.5. The zero-order chi connectivity index (χ0) is 26.9. The number of hydrogen-bond acceptors (Lipinski definition) is 4. The average Bonchev–Trinajstić information content (AvgIpc) is 3.76. The maximum absolute atomic E-state index is 14.2. The topological polar surface area (TPSA) is 83.1 Å². The van der Waals surface area contributed by atoms with Gasteiger partial charge in [-0.2, -0.15) is 5.26 Å². The molecule has 2 aromatic carbocycles. The van der Waals surface area contributed by atoms with Crippen LogP contribution in [0.1, 0.15) is 47.4 Å². The van der Waals surface area contributed by atoms with Crippen LogP contribution in [-0.2, 0) is 24.9 Å². The summed E-state index contributed by atoms with van der Waals surface area (Å²) in [5.74, 6) is 0.00473. The van der Waals surface area contributed by atoms with Crippen molar-refractivity contribution < 1.29 is 4.79 Å². The van der Waals surface area contributed by atoms with Crippen LogP contribution in [0.4, 0.5) is 0 Å². The van der Waals surface area contributed by atoms with Gasteiger partial charge in [-0.25, -0.2) is 0 Å². The number of piperidine rings is 1. The van der Waals surface area contributed by atoms with E-state index in [1.807, 2.05) is 42.5 Å². The minimum atomic E-state index is -0.200. The summed E-state index contributed by atoms with van der Waals surface area (Å²) in [6.07, 6.45) is 6.87. The number of para-hydroxylation sites is 1. The summed E-state index contributed by atoms with van der Waals surface area (Å²) in [6, 6.07) is 22.2. The van der Waals surface area contributed by atoms with Gasteiger partial charge in [0.05, 0.1) is 17.6 Å². The van der Waals surface area contributed by atoms with Gasteiger partial charge >= 0.3 is 0 Å². The van der Waals surface area contributed by atoms with Crippen molar-refractivity contribution in [1.29, 1.82) is 5.26 Å². The molecule has 7 heteroatoms. The summed E-state index contributed by atoms with van der Waals surface area (Å²) < 4.78 is 3.80. The minimum Gasteiger partial charge on any atom is -0.343 e. The molecule has 7 nitrogen and oxygen atoms in total. The van der Waals surface area contributed by atoms with Gasteiger partial charge in [-0.3, -0.25) is 9.59 Å². The number of rotatable bonds is 7. The first kappa shape index (κ1) is 25.1. The molecule has 1 amide bonds. The maximum Gasteiger partial charge on any atom is 0.250 e. The smallest absolute Gasteiger partial charge is 0.250 e. The van der Waals surface area contributed by atoms with Crippen molar-refractivity contribution in [1.82, 2.24) is 19.4 Å². The van der Waals surface area contributed by atoms with Gasteiger partial charge < -0.3 is 19.4 Å². The first-order valence-corrected chi connectivity index (χ1v) is 13.8. The largest absolute Gasteiger partial charge is 0.343 e. The van der Waals surface area contributed by atoms with E-state index in [1.54, 1.807) is 23.9 Å². The SMILES string of the molecule is Cn1ccc([C@H]2CCNCC2C(=O)N(Cc2cn(Cc3cccc(C#N)c3)c3ccccc23)C2CC2)cc1=O. The molecule has 0 bridgehead atoms. The lowest BCUT2D eigenvalue weighted by Crippen LogP contribution is -2.47. The summed E-state index contributed by atoms with van der Waals surface area (Å²) >= 11 is 0. The molecule has 2 aliphatic rings. The Hall–Kier alpha value is -4.15. The normalized spacial score (nSPS) is 19.1. The predicted octanol–water partition coefficient (Wildman–Crippen LogP) is 4.14. The molecule has 198 valence electrons. The zero-order valence-electron chi connectivity index (χ0n) is 22.2. The molecule has 0 radical (unpaired) electrons. The van der Waals surface area contributed by atoms with E-state index in [9.17, 15) is 14.9 Å². The van der Waals surface area contributed by atoms with Crippen LogP contribution < -0.4 is 10.9 Å². The number of nitrogens with zero attached hydrogens (tertiary/aromatic N) is 4. The highest BCUT2D eigenvalue weighted by molar-refractivity contribution is 5.86. The molecule has 1 saturated heterocycles. The van der Waals surface area contributed by atoms with E-state index < -0.39 is 0 Å². The molecule has 1 unspecified atom stereocenters. The monoisotopic (exact) mass is 519 g/mol. The van der Waals surface area contributed by atoms with Gasteiger partial charge in [-0.1, -0.05) is 30.3 Å². The van der Waals surface area contributed by atoms with Gasteiger partial charge in [-0.15, -0.1) is 0 Å². The van der Waals surface area contributed by atoms with Crippen LogP contribution in [0.25, 0.3) is 10.9 Å². The molecule has 1 aliphatic carbocycles.